The number of anilines is 3. The van der Waals surface area contributed by atoms with Crippen LogP contribution in [0.2, 0.25) is 0 Å². The van der Waals surface area contributed by atoms with E-state index in [1.165, 1.54) is 4.90 Å². The first-order valence-electron chi connectivity index (χ1n) is 11.0. The van der Waals surface area contributed by atoms with Gasteiger partial charge in [0.25, 0.3) is 5.91 Å². The van der Waals surface area contributed by atoms with E-state index < -0.39 is 17.9 Å². The zero-order valence-electron chi connectivity index (χ0n) is 18.7. The number of hydrogen-bond acceptors (Lipinski definition) is 7. The van der Waals surface area contributed by atoms with Gasteiger partial charge >= 0.3 is 0 Å². The lowest BCUT2D eigenvalue weighted by Gasteiger charge is -2.26. The highest BCUT2D eigenvalue weighted by atomic mass is 16.6. The molecule has 1 unspecified atom stereocenters. The van der Waals surface area contributed by atoms with E-state index >= 15 is 0 Å². The third kappa shape index (κ3) is 3.49. The third-order valence-electron chi connectivity index (χ3n) is 6.08. The van der Waals surface area contributed by atoms with Crippen molar-refractivity contribution in [3.63, 3.8) is 0 Å². The predicted octanol–water partition coefficient (Wildman–Crippen LogP) is 4.46. The molecule has 4 aromatic rings. The predicted molar refractivity (Wildman–Crippen MR) is 130 cm³/mol. The number of nitrogens with zero attached hydrogens (tertiary/aromatic N) is 3. The Hall–Kier alpha value is -4.46. The Balaban J connectivity index is 1.53. The lowest BCUT2D eigenvalue weighted by molar-refractivity contribution is -0.127. The van der Waals surface area contributed by atoms with Crippen molar-refractivity contribution in [2.24, 2.45) is 0 Å². The summed E-state index contributed by atoms with van der Waals surface area (Å²) in [5.74, 6) is -0.971. The average Bonchev–Trinajstić information content (AvgIpc) is 3.29. The van der Waals surface area contributed by atoms with Crippen LogP contribution in [0.4, 0.5) is 17.2 Å². The number of fused-ring (bicyclic) bond motifs is 3. The molecule has 1 aliphatic rings. The van der Waals surface area contributed by atoms with Gasteiger partial charge in [-0.1, -0.05) is 60.7 Å². The van der Waals surface area contributed by atoms with E-state index in [2.05, 4.69) is 15.6 Å². The van der Waals surface area contributed by atoms with Gasteiger partial charge in [0.05, 0.1) is 11.6 Å². The smallest absolute Gasteiger partial charge is 0.256 e. The summed E-state index contributed by atoms with van der Waals surface area (Å²) in [5, 5.41) is 11.0. The number of carbonyl (C=O) groups excluding carboxylic acids is 2. The number of benzene rings is 3. The van der Waals surface area contributed by atoms with Gasteiger partial charge in [0.2, 0.25) is 5.91 Å². The molecule has 2 heterocycles. The quantitative estimate of drug-likeness (QED) is 0.438. The molecule has 170 valence electrons. The normalized spacial score (nSPS) is 15.8. The third-order valence-corrected chi connectivity index (χ3v) is 6.08. The van der Waals surface area contributed by atoms with Gasteiger partial charge in [-0.05, 0) is 47.4 Å². The van der Waals surface area contributed by atoms with Gasteiger partial charge in [-0.25, -0.2) is 9.53 Å². The van der Waals surface area contributed by atoms with Crippen LogP contribution in [0, 0.1) is 0 Å². The summed E-state index contributed by atoms with van der Waals surface area (Å²) in [4.78, 5) is 28.6. The highest BCUT2D eigenvalue weighted by molar-refractivity contribution is 6.22. The summed E-state index contributed by atoms with van der Waals surface area (Å²) >= 11 is 0. The fourth-order valence-electron chi connectivity index (χ4n) is 4.34. The molecule has 1 aromatic heterocycles. The Morgan fingerprint density at radius 3 is 2.56 bits per heavy atom. The van der Waals surface area contributed by atoms with Gasteiger partial charge < -0.3 is 11.1 Å². The molecule has 8 heteroatoms. The van der Waals surface area contributed by atoms with E-state index in [0.717, 1.165) is 16.7 Å². The molecule has 34 heavy (non-hydrogen) atoms. The fourth-order valence-corrected chi connectivity index (χ4v) is 4.34. The number of nitrogens with two attached hydrogens (primary N) is 1. The largest absolute Gasteiger partial charge is 0.398 e. The van der Waals surface area contributed by atoms with Crippen LogP contribution in [-0.2, 0) is 9.59 Å². The number of nitrogen functional groups attached to an aromatic ring is 1. The maximum absolute atomic E-state index is 13.7. The molecular weight excluding hydrogens is 430 g/mol. The molecule has 2 amide bonds. The molecule has 0 bridgehead atoms. The second kappa shape index (κ2) is 8.47. The van der Waals surface area contributed by atoms with Crippen molar-refractivity contribution in [2.75, 3.05) is 16.0 Å². The van der Waals surface area contributed by atoms with Crippen molar-refractivity contribution in [1.29, 1.82) is 0 Å². The maximum Gasteiger partial charge on any atom is 0.256 e. The Bertz CT molecular complexity index is 1380. The molecule has 3 N–H and O–H groups in total. The van der Waals surface area contributed by atoms with Crippen LogP contribution in [0.5, 0.6) is 0 Å². The Morgan fingerprint density at radius 1 is 1.03 bits per heavy atom. The van der Waals surface area contributed by atoms with E-state index in [1.807, 2.05) is 54.6 Å². The number of rotatable bonds is 4. The van der Waals surface area contributed by atoms with Crippen LogP contribution >= 0.6 is 0 Å². The van der Waals surface area contributed by atoms with Crippen LogP contribution < -0.4 is 16.0 Å². The first-order chi connectivity index (χ1) is 16.5. The minimum Gasteiger partial charge on any atom is -0.398 e. The number of amides is 2. The molecule has 8 nitrogen and oxygen atoms in total. The molecule has 5 rings (SSSR count). The van der Waals surface area contributed by atoms with Crippen LogP contribution in [0.1, 0.15) is 25.3 Å². The van der Waals surface area contributed by atoms with Gasteiger partial charge in [0.1, 0.15) is 6.04 Å². The van der Waals surface area contributed by atoms with E-state index in [-0.39, 0.29) is 5.91 Å². The Morgan fingerprint density at radius 2 is 1.76 bits per heavy atom. The molecule has 0 saturated heterocycles. The summed E-state index contributed by atoms with van der Waals surface area (Å²) in [7, 11) is 0. The van der Waals surface area contributed by atoms with Crippen LogP contribution in [0.3, 0.4) is 0 Å². The molecule has 3 aromatic carbocycles. The van der Waals surface area contributed by atoms with E-state index in [9.17, 15) is 9.59 Å². The maximum atomic E-state index is 13.7. The molecular formula is C26H23N5O3. The number of nitrogens with one attached hydrogen (secondary N) is 1. The van der Waals surface area contributed by atoms with Gasteiger partial charge in [-0.2, -0.15) is 0 Å². The molecule has 1 aliphatic heterocycles. The van der Waals surface area contributed by atoms with Crippen LogP contribution in [0.15, 0.2) is 77.4 Å². The standard InChI is InChI=1S/C26H23N5O3/c1-15-18-11-6-7-12-19(18)22-20(27)13-8-14-21(22)31(25(15)32)26(33)16(2)28-24-23(29-34-30-24)17-9-4-3-5-10-17/h3-16H,27H2,1-2H3,(H,28,30)/t15?,16-/m0/s1. The highest BCUT2D eigenvalue weighted by Crippen LogP contribution is 2.44. The number of carbonyl (C=O) groups is 2. The number of aromatic nitrogens is 2. The zero-order chi connectivity index (χ0) is 23.8. The second-order valence-corrected chi connectivity index (χ2v) is 8.26. The van der Waals surface area contributed by atoms with Crippen molar-refractivity contribution in [2.45, 2.75) is 25.8 Å². The first kappa shape index (κ1) is 21.4. The molecule has 0 spiro atoms. The Kier molecular flexibility index (Phi) is 5.33. The minimum atomic E-state index is -0.805. The fraction of sp³-hybridized carbons (Fsp3) is 0.154. The molecule has 0 radical (unpaired) electrons. The Labute approximate surface area is 196 Å². The first-order valence-corrected chi connectivity index (χ1v) is 11.0. The summed E-state index contributed by atoms with van der Waals surface area (Å²) < 4.78 is 4.93. The van der Waals surface area contributed by atoms with Gasteiger partial charge in [-0.15, -0.1) is 0 Å². The molecule has 0 fully saturated rings. The van der Waals surface area contributed by atoms with E-state index in [1.54, 1.807) is 32.0 Å². The van der Waals surface area contributed by atoms with Crippen LogP contribution in [0.25, 0.3) is 22.4 Å². The van der Waals surface area contributed by atoms with Crippen molar-refractivity contribution < 1.29 is 14.2 Å². The molecule has 0 aliphatic carbocycles. The van der Waals surface area contributed by atoms with Crippen molar-refractivity contribution in [3.8, 4) is 22.4 Å². The summed E-state index contributed by atoms with van der Waals surface area (Å²) in [6, 6.07) is 21.4. The number of hydrogen-bond donors (Lipinski definition) is 2. The van der Waals surface area contributed by atoms with Crippen molar-refractivity contribution >= 4 is 29.0 Å². The lowest BCUT2D eigenvalue weighted by Crippen LogP contribution is -2.46. The monoisotopic (exact) mass is 453 g/mol. The molecule has 0 saturated carbocycles. The molecule has 2 atom stereocenters. The SMILES string of the molecule is CC1C(=O)N(C(=O)[C@H](C)Nc2nonc2-c2ccccc2)c2cccc(N)c2-c2ccccc21. The number of imide groups is 1. The second-order valence-electron chi connectivity index (χ2n) is 8.26. The summed E-state index contributed by atoms with van der Waals surface area (Å²) in [6.07, 6.45) is 0. The lowest BCUT2D eigenvalue weighted by atomic mass is 9.92. The van der Waals surface area contributed by atoms with E-state index in [4.69, 9.17) is 10.4 Å². The zero-order valence-corrected chi connectivity index (χ0v) is 18.7. The topological polar surface area (TPSA) is 114 Å². The van der Waals surface area contributed by atoms with Crippen molar-refractivity contribution in [1.82, 2.24) is 10.3 Å². The minimum absolute atomic E-state index is 0.318. The van der Waals surface area contributed by atoms with Crippen LogP contribution in [-0.4, -0.2) is 28.2 Å². The average molecular weight is 454 g/mol. The summed E-state index contributed by atoms with van der Waals surface area (Å²) in [6.45, 7) is 3.48. The highest BCUT2D eigenvalue weighted by Gasteiger charge is 2.37. The summed E-state index contributed by atoms with van der Waals surface area (Å²) in [5.41, 5.74) is 10.9. The van der Waals surface area contributed by atoms with E-state index in [0.29, 0.717) is 28.5 Å². The van der Waals surface area contributed by atoms with Gasteiger partial charge in [0, 0.05) is 16.8 Å². The van der Waals surface area contributed by atoms with Crippen molar-refractivity contribution in [3.05, 3.63) is 78.4 Å². The van der Waals surface area contributed by atoms with Gasteiger partial charge in [-0.3, -0.25) is 9.59 Å². The van der Waals surface area contributed by atoms with Gasteiger partial charge in [0.15, 0.2) is 11.5 Å².